The average molecular weight is 281 g/mol. The molecular formula is C13H23N5O2. The predicted octanol–water partition coefficient (Wildman–Crippen LogP) is -0.477. The Balaban J connectivity index is 1.92. The standard InChI is InChI=1S/C13H23N5O2/c1-10-7-17(8-11(2)16(10)4)12(19)5-6-18-13(20)15(3)9-14-18/h9-11H,5-8H2,1-4H3/t10-,11+. The smallest absolute Gasteiger partial charge is 0.340 e. The van der Waals surface area contributed by atoms with Crippen molar-refractivity contribution >= 4 is 5.91 Å². The van der Waals surface area contributed by atoms with Gasteiger partial charge in [-0.1, -0.05) is 0 Å². The molecule has 0 bridgehead atoms. The van der Waals surface area contributed by atoms with E-state index in [9.17, 15) is 9.59 Å². The molecule has 0 aromatic carbocycles. The molecule has 0 unspecified atom stereocenters. The van der Waals surface area contributed by atoms with Gasteiger partial charge in [0, 0.05) is 38.6 Å². The third-order valence-corrected chi connectivity index (χ3v) is 4.14. The highest BCUT2D eigenvalue weighted by Gasteiger charge is 2.28. The summed E-state index contributed by atoms with van der Waals surface area (Å²) in [7, 11) is 3.74. The Morgan fingerprint density at radius 3 is 2.40 bits per heavy atom. The number of carbonyl (C=O) groups excluding carboxylic acids is 1. The number of hydrogen-bond acceptors (Lipinski definition) is 4. The minimum absolute atomic E-state index is 0.0920. The fourth-order valence-electron chi connectivity index (χ4n) is 2.54. The van der Waals surface area contributed by atoms with Crippen molar-refractivity contribution in [1.29, 1.82) is 0 Å². The molecule has 0 saturated carbocycles. The minimum atomic E-state index is -0.182. The Kier molecular flexibility index (Phi) is 4.27. The van der Waals surface area contributed by atoms with Gasteiger partial charge in [-0.15, -0.1) is 0 Å². The maximum atomic E-state index is 12.2. The molecule has 1 aliphatic rings. The number of amides is 1. The number of piperazine rings is 1. The van der Waals surface area contributed by atoms with E-state index in [0.29, 0.717) is 25.0 Å². The molecule has 0 aliphatic carbocycles. The zero-order valence-corrected chi connectivity index (χ0v) is 12.6. The van der Waals surface area contributed by atoms with Gasteiger partial charge in [-0.05, 0) is 20.9 Å². The molecule has 1 aromatic rings. The molecule has 2 atom stereocenters. The first-order chi connectivity index (χ1) is 9.40. The van der Waals surface area contributed by atoms with Crippen LogP contribution in [0.4, 0.5) is 0 Å². The topological polar surface area (TPSA) is 63.4 Å². The highest BCUT2D eigenvalue weighted by Crippen LogP contribution is 2.14. The lowest BCUT2D eigenvalue weighted by Gasteiger charge is -2.42. The van der Waals surface area contributed by atoms with Crippen molar-refractivity contribution in [1.82, 2.24) is 24.1 Å². The normalized spacial score (nSPS) is 24.1. The molecule has 1 aromatic heterocycles. The van der Waals surface area contributed by atoms with E-state index in [-0.39, 0.29) is 11.6 Å². The zero-order valence-electron chi connectivity index (χ0n) is 12.6. The van der Waals surface area contributed by atoms with Crippen LogP contribution in [-0.4, -0.2) is 62.3 Å². The highest BCUT2D eigenvalue weighted by atomic mass is 16.2. The minimum Gasteiger partial charge on any atom is -0.340 e. The van der Waals surface area contributed by atoms with Gasteiger partial charge in [0.05, 0.1) is 6.54 Å². The molecule has 1 saturated heterocycles. The molecule has 0 spiro atoms. The maximum absolute atomic E-state index is 12.2. The Morgan fingerprint density at radius 2 is 1.90 bits per heavy atom. The lowest BCUT2D eigenvalue weighted by atomic mass is 10.1. The van der Waals surface area contributed by atoms with E-state index < -0.39 is 0 Å². The molecule has 1 aliphatic heterocycles. The first kappa shape index (κ1) is 14.8. The molecular weight excluding hydrogens is 258 g/mol. The molecule has 1 fully saturated rings. The summed E-state index contributed by atoms with van der Waals surface area (Å²) in [6.07, 6.45) is 1.78. The van der Waals surface area contributed by atoms with Crippen LogP contribution in [0.15, 0.2) is 11.1 Å². The van der Waals surface area contributed by atoms with Gasteiger partial charge in [0.25, 0.3) is 0 Å². The van der Waals surface area contributed by atoms with Crippen molar-refractivity contribution in [2.45, 2.75) is 38.9 Å². The summed E-state index contributed by atoms with van der Waals surface area (Å²) in [5.41, 5.74) is -0.182. The molecule has 20 heavy (non-hydrogen) atoms. The second kappa shape index (κ2) is 5.78. The molecule has 7 heteroatoms. The van der Waals surface area contributed by atoms with Gasteiger partial charge in [0.1, 0.15) is 6.33 Å². The summed E-state index contributed by atoms with van der Waals surface area (Å²) in [5, 5.41) is 3.96. The summed E-state index contributed by atoms with van der Waals surface area (Å²) < 4.78 is 2.74. The predicted molar refractivity (Wildman–Crippen MR) is 75.4 cm³/mol. The first-order valence-electron chi connectivity index (χ1n) is 6.98. The van der Waals surface area contributed by atoms with Crippen molar-refractivity contribution in [3.63, 3.8) is 0 Å². The van der Waals surface area contributed by atoms with Gasteiger partial charge in [0.2, 0.25) is 5.91 Å². The van der Waals surface area contributed by atoms with Crippen LogP contribution in [0.25, 0.3) is 0 Å². The fourth-order valence-corrected chi connectivity index (χ4v) is 2.54. The summed E-state index contributed by atoms with van der Waals surface area (Å²) >= 11 is 0. The summed E-state index contributed by atoms with van der Waals surface area (Å²) in [5.74, 6) is 0.0920. The van der Waals surface area contributed by atoms with E-state index >= 15 is 0 Å². The third-order valence-electron chi connectivity index (χ3n) is 4.14. The largest absolute Gasteiger partial charge is 0.345 e. The van der Waals surface area contributed by atoms with Gasteiger partial charge in [0.15, 0.2) is 0 Å². The molecule has 1 amide bonds. The number of nitrogens with zero attached hydrogens (tertiary/aromatic N) is 5. The summed E-state index contributed by atoms with van der Waals surface area (Å²) in [6.45, 7) is 6.08. The average Bonchev–Trinajstić information content (AvgIpc) is 2.73. The van der Waals surface area contributed by atoms with Gasteiger partial charge in [-0.25, -0.2) is 9.48 Å². The molecule has 0 N–H and O–H groups in total. The second-order valence-electron chi connectivity index (χ2n) is 5.66. The van der Waals surface area contributed by atoms with Crippen LogP contribution < -0.4 is 5.69 Å². The van der Waals surface area contributed by atoms with Crippen molar-refractivity contribution < 1.29 is 4.79 Å². The van der Waals surface area contributed by atoms with Crippen molar-refractivity contribution in [3.8, 4) is 0 Å². The van der Waals surface area contributed by atoms with E-state index in [1.54, 1.807) is 7.05 Å². The monoisotopic (exact) mass is 281 g/mol. The van der Waals surface area contributed by atoms with Crippen molar-refractivity contribution in [3.05, 3.63) is 16.8 Å². The molecule has 7 nitrogen and oxygen atoms in total. The Morgan fingerprint density at radius 1 is 1.30 bits per heavy atom. The van der Waals surface area contributed by atoms with E-state index in [4.69, 9.17) is 0 Å². The van der Waals surface area contributed by atoms with Crippen LogP contribution in [-0.2, 0) is 18.4 Å². The molecule has 112 valence electrons. The fraction of sp³-hybridized carbons (Fsp3) is 0.769. The number of carbonyl (C=O) groups is 1. The SMILES string of the molecule is C[C@@H]1CN(C(=O)CCn2ncn(C)c2=O)C[C@H](C)N1C. The number of hydrogen-bond donors (Lipinski definition) is 0. The van der Waals surface area contributed by atoms with Crippen LogP contribution >= 0.6 is 0 Å². The van der Waals surface area contributed by atoms with Crippen LogP contribution in [0.5, 0.6) is 0 Å². The van der Waals surface area contributed by atoms with Gasteiger partial charge >= 0.3 is 5.69 Å². The van der Waals surface area contributed by atoms with Gasteiger partial charge in [-0.3, -0.25) is 14.3 Å². The Hall–Kier alpha value is -1.63. The van der Waals surface area contributed by atoms with Crippen LogP contribution in [0.3, 0.4) is 0 Å². The van der Waals surface area contributed by atoms with E-state index in [0.717, 1.165) is 13.1 Å². The Bertz CT molecular complexity index is 523. The van der Waals surface area contributed by atoms with Crippen molar-refractivity contribution in [2.24, 2.45) is 7.05 Å². The lowest BCUT2D eigenvalue weighted by molar-refractivity contribution is -0.135. The third kappa shape index (κ3) is 2.92. The molecule has 0 radical (unpaired) electrons. The number of likely N-dealkylation sites (N-methyl/N-ethyl adjacent to an activating group) is 1. The highest BCUT2D eigenvalue weighted by molar-refractivity contribution is 5.76. The maximum Gasteiger partial charge on any atom is 0.345 e. The molecule has 2 rings (SSSR count). The van der Waals surface area contributed by atoms with E-state index in [1.165, 1.54) is 15.6 Å². The number of aromatic nitrogens is 3. The Labute approximate surface area is 118 Å². The number of rotatable bonds is 3. The van der Waals surface area contributed by atoms with Crippen LogP contribution in [0.1, 0.15) is 20.3 Å². The summed E-state index contributed by atoms with van der Waals surface area (Å²) in [4.78, 5) is 28.1. The zero-order chi connectivity index (χ0) is 14.9. The molecule has 2 heterocycles. The van der Waals surface area contributed by atoms with Crippen LogP contribution in [0.2, 0.25) is 0 Å². The second-order valence-corrected chi connectivity index (χ2v) is 5.66. The van der Waals surface area contributed by atoms with E-state index in [1.807, 2.05) is 4.90 Å². The van der Waals surface area contributed by atoms with Gasteiger partial charge in [-0.2, -0.15) is 5.10 Å². The lowest BCUT2D eigenvalue weighted by Crippen LogP contribution is -2.56. The van der Waals surface area contributed by atoms with E-state index in [2.05, 4.69) is 30.9 Å². The van der Waals surface area contributed by atoms with Crippen LogP contribution in [0, 0.1) is 0 Å². The van der Waals surface area contributed by atoms with Crippen molar-refractivity contribution in [2.75, 3.05) is 20.1 Å². The first-order valence-corrected chi connectivity index (χ1v) is 6.98. The van der Waals surface area contributed by atoms with Gasteiger partial charge < -0.3 is 4.90 Å². The quantitative estimate of drug-likeness (QED) is 0.751. The number of aryl methyl sites for hydroxylation is 2. The summed E-state index contributed by atoms with van der Waals surface area (Å²) in [6, 6.07) is 0.723.